The molecule has 1 rings (SSSR count). The van der Waals surface area contributed by atoms with Gasteiger partial charge in [-0.1, -0.05) is 42.9 Å². The molecule has 5 heteroatoms. The maximum Gasteiger partial charge on any atom is 0.104 e. The number of aliphatic hydroxyl groups is 1. The molecule has 0 fully saturated rings. The zero-order chi connectivity index (χ0) is 14.6. The van der Waals surface area contributed by atoms with Crippen LogP contribution in [0.5, 0.6) is 0 Å². The van der Waals surface area contributed by atoms with Gasteiger partial charge >= 0.3 is 0 Å². The van der Waals surface area contributed by atoms with E-state index in [1.54, 1.807) is 19.9 Å². The summed E-state index contributed by atoms with van der Waals surface area (Å²) in [5.41, 5.74) is 6.63. The summed E-state index contributed by atoms with van der Waals surface area (Å²) in [6.07, 6.45) is 0. The second-order valence-electron chi connectivity index (χ2n) is 5.29. The number of nitrogens with two attached hydrogens (primary N) is 1. The molecule has 1 aromatic rings. The molecular formula is C14H21ClN2OS. The number of benzene rings is 1. The molecule has 0 aliphatic heterocycles. The lowest BCUT2D eigenvalue weighted by Gasteiger charge is -2.28. The van der Waals surface area contributed by atoms with Crippen LogP contribution in [0.25, 0.3) is 0 Å². The average Bonchev–Trinajstić information content (AvgIpc) is 2.28. The van der Waals surface area contributed by atoms with Crippen LogP contribution in [0.1, 0.15) is 31.9 Å². The summed E-state index contributed by atoms with van der Waals surface area (Å²) in [6, 6.07) is 5.60. The first kappa shape index (κ1) is 16.4. The smallest absolute Gasteiger partial charge is 0.104 e. The lowest BCUT2D eigenvalue weighted by molar-refractivity contribution is 0.0353. The van der Waals surface area contributed by atoms with Gasteiger partial charge in [0.2, 0.25) is 0 Å². The predicted octanol–water partition coefficient (Wildman–Crippen LogP) is 2.57. The molecule has 0 atom stereocenters. The van der Waals surface area contributed by atoms with Crippen molar-refractivity contribution in [1.82, 2.24) is 4.90 Å². The first-order valence-corrected chi connectivity index (χ1v) is 7.04. The highest BCUT2D eigenvalue weighted by Crippen LogP contribution is 2.20. The molecule has 3 N–H and O–H groups in total. The maximum absolute atomic E-state index is 9.88. The summed E-state index contributed by atoms with van der Waals surface area (Å²) in [6.45, 7) is 7.79. The number of halogens is 1. The van der Waals surface area contributed by atoms with E-state index in [9.17, 15) is 5.11 Å². The van der Waals surface area contributed by atoms with E-state index in [4.69, 9.17) is 29.6 Å². The van der Waals surface area contributed by atoms with Crippen LogP contribution in [-0.2, 0) is 6.54 Å². The number of hydrogen-bond acceptors (Lipinski definition) is 3. The summed E-state index contributed by atoms with van der Waals surface area (Å²) in [7, 11) is 0. The van der Waals surface area contributed by atoms with Gasteiger partial charge in [0.25, 0.3) is 0 Å². The highest BCUT2D eigenvalue weighted by Gasteiger charge is 2.18. The van der Waals surface area contributed by atoms with Crippen molar-refractivity contribution >= 4 is 28.8 Å². The van der Waals surface area contributed by atoms with Crippen LogP contribution in [0.4, 0.5) is 0 Å². The van der Waals surface area contributed by atoms with E-state index in [-0.39, 0.29) is 0 Å². The molecule has 3 nitrogen and oxygen atoms in total. The molecule has 0 unspecified atom stereocenters. The molecule has 0 bridgehead atoms. The van der Waals surface area contributed by atoms with Gasteiger partial charge in [-0.15, -0.1) is 0 Å². The van der Waals surface area contributed by atoms with Crippen molar-refractivity contribution in [3.8, 4) is 0 Å². The monoisotopic (exact) mass is 300 g/mol. The van der Waals surface area contributed by atoms with Crippen molar-refractivity contribution in [3.05, 3.63) is 34.3 Å². The Morgan fingerprint density at radius 1 is 1.47 bits per heavy atom. The van der Waals surface area contributed by atoms with Gasteiger partial charge in [0.15, 0.2) is 0 Å². The van der Waals surface area contributed by atoms with E-state index in [0.717, 1.165) is 17.7 Å². The largest absolute Gasteiger partial charge is 0.389 e. The fraction of sp³-hybridized carbons (Fsp3) is 0.500. The summed E-state index contributed by atoms with van der Waals surface area (Å²) >= 11 is 11.2. The Morgan fingerprint density at radius 2 is 2.11 bits per heavy atom. The van der Waals surface area contributed by atoms with E-state index < -0.39 is 5.60 Å². The van der Waals surface area contributed by atoms with Crippen LogP contribution >= 0.6 is 23.8 Å². The van der Waals surface area contributed by atoms with Crippen LogP contribution < -0.4 is 5.73 Å². The van der Waals surface area contributed by atoms with Gasteiger partial charge in [0.1, 0.15) is 4.99 Å². The maximum atomic E-state index is 9.88. The SMILES string of the molecule is CCN(Cc1ccc(C(N)=S)cc1Cl)CC(C)(C)O. The van der Waals surface area contributed by atoms with Crippen LogP contribution in [0.15, 0.2) is 18.2 Å². The second kappa shape index (κ2) is 6.66. The normalized spacial score (nSPS) is 11.9. The summed E-state index contributed by atoms with van der Waals surface area (Å²) in [4.78, 5) is 2.49. The molecule has 19 heavy (non-hydrogen) atoms. The van der Waals surface area contributed by atoms with Crippen molar-refractivity contribution in [1.29, 1.82) is 0 Å². The molecule has 106 valence electrons. The molecule has 0 spiro atoms. The highest BCUT2D eigenvalue weighted by atomic mass is 35.5. The molecule has 0 saturated heterocycles. The van der Waals surface area contributed by atoms with Crippen LogP contribution in [0.3, 0.4) is 0 Å². The molecule has 0 aromatic heterocycles. The quantitative estimate of drug-likeness (QED) is 0.793. The van der Waals surface area contributed by atoms with E-state index in [0.29, 0.717) is 23.1 Å². The second-order valence-corrected chi connectivity index (χ2v) is 6.13. The summed E-state index contributed by atoms with van der Waals surface area (Å²) in [5.74, 6) is 0. The molecular weight excluding hydrogens is 280 g/mol. The van der Waals surface area contributed by atoms with Gasteiger partial charge in [-0.25, -0.2) is 0 Å². The molecule has 0 aliphatic rings. The van der Waals surface area contributed by atoms with E-state index >= 15 is 0 Å². The van der Waals surface area contributed by atoms with Crippen molar-refractivity contribution in [3.63, 3.8) is 0 Å². The number of nitrogens with zero attached hydrogens (tertiary/aromatic N) is 1. The third-order valence-electron chi connectivity index (χ3n) is 2.79. The van der Waals surface area contributed by atoms with E-state index in [1.807, 2.05) is 12.1 Å². The van der Waals surface area contributed by atoms with Gasteiger partial charge in [0, 0.05) is 23.7 Å². The van der Waals surface area contributed by atoms with Gasteiger partial charge in [-0.05, 0) is 32.0 Å². The zero-order valence-corrected chi connectivity index (χ0v) is 13.2. The Hall–Kier alpha value is -0.680. The first-order chi connectivity index (χ1) is 8.73. The molecule has 0 aliphatic carbocycles. The minimum Gasteiger partial charge on any atom is -0.389 e. The molecule has 0 saturated carbocycles. The Bertz CT molecular complexity index is 457. The molecule has 0 heterocycles. The number of rotatable bonds is 6. The number of likely N-dealkylation sites (N-methyl/N-ethyl adjacent to an activating group) is 1. The fourth-order valence-electron chi connectivity index (χ4n) is 1.90. The lowest BCUT2D eigenvalue weighted by atomic mass is 10.1. The average molecular weight is 301 g/mol. The van der Waals surface area contributed by atoms with Crippen LogP contribution in [-0.4, -0.2) is 33.7 Å². The van der Waals surface area contributed by atoms with Crippen LogP contribution in [0.2, 0.25) is 5.02 Å². The van der Waals surface area contributed by atoms with E-state index in [1.165, 1.54) is 0 Å². The first-order valence-electron chi connectivity index (χ1n) is 6.26. The standard InChI is InChI=1S/C14H21ClN2OS/c1-4-17(9-14(2,3)18)8-11-6-5-10(13(16)19)7-12(11)15/h5-7,18H,4,8-9H2,1-3H3,(H2,16,19). The lowest BCUT2D eigenvalue weighted by Crippen LogP contribution is -2.38. The Kier molecular flexibility index (Phi) is 5.74. The Balaban J connectivity index is 2.83. The predicted molar refractivity (Wildman–Crippen MR) is 84.6 cm³/mol. The minimum atomic E-state index is -0.721. The van der Waals surface area contributed by atoms with Crippen LogP contribution in [0, 0.1) is 0 Å². The minimum absolute atomic E-state index is 0.345. The number of hydrogen-bond donors (Lipinski definition) is 2. The zero-order valence-electron chi connectivity index (χ0n) is 11.6. The molecule has 0 amide bonds. The van der Waals surface area contributed by atoms with Gasteiger partial charge < -0.3 is 10.8 Å². The third-order valence-corrected chi connectivity index (χ3v) is 3.38. The van der Waals surface area contributed by atoms with Gasteiger partial charge in [0.05, 0.1) is 5.60 Å². The van der Waals surface area contributed by atoms with Crippen molar-refractivity contribution in [2.45, 2.75) is 32.9 Å². The highest BCUT2D eigenvalue weighted by molar-refractivity contribution is 7.80. The van der Waals surface area contributed by atoms with Gasteiger partial charge in [-0.2, -0.15) is 0 Å². The molecule has 0 radical (unpaired) electrons. The topological polar surface area (TPSA) is 49.5 Å². The van der Waals surface area contributed by atoms with Gasteiger partial charge in [-0.3, -0.25) is 4.90 Å². The summed E-state index contributed by atoms with van der Waals surface area (Å²) in [5, 5.41) is 10.5. The molecule has 1 aromatic carbocycles. The van der Waals surface area contributed by atoms with Crippen molar-refractivity contribution in [2.75, 3.05) is 13.1 Å². The van der Waals surface area contributed by atoms with E-state index in [2.05, 4.69) is 11.8 Å². The van der Waals surface area contributed by atoms with Crippen molar-refractivity contribution < 1.29 is 5.11 Å². The Labute approximate surface area is 125 Å². The number of thiocarbonyl (C=S) groups is 1. The summed E-state index contributed by atoms with van der Waals surface area (Å²) < 4.78 is 0. The fourth-order valence-corrected chi connectivity index (χ4v) is 2.26. The Morgan fingerprint density at radius 3 is 2.53 bits per heavy atom. The van der Waals surface area contributed by atoms with Crippen molar-refractivity contribution in [2.24, 2.45) is 5.73 Å². The third kappa shape index (κ3) is 5.45.